The van der Waals surface area contributed by atoms with E-state index >= 15 is 0 Å². The summed E-state index contributed by atoms with van der Waals surface area (Å²) >= 11 is 3.21. The molecular formula is C7H13BrN2O. The average molecular weight is 221 g/mol. The van der Waals surface area contributed by atoms with Crippen molar-refractivity contribution in [2.45, 2.75) is 6.92 Å². The van der Waals surface area contributed by atoms with Gasteiger partial charge in [-0.25, -0.2) is 0 Å². The number of nitrogens with one attached hydrogen (secondary N) is 2. The van der Waals surface area contributed by atoms with Gasteiger partial charge in [0.05, 0.1) is 0 Å². The Hall–Kier alpha value is -0.350. The van der Waals surface area contributed by atoms with Gasteiger partial charge in [-0.1, -0.05) is 22.5 Å². The Morgan fingerprint density at radius 3 is 2.64 bits per heavy atom. The van der Waals surface area contributed by atoms with Crippen LogP contribution in [0.2, 0.25) is 0 Å². The van der Waals surface area contributed by atoms with Crippen LogP contribution in [0.5, 0.6) is 0 Å². The Bertz CT molecular complexity index is 131. The van der Waals surface area contributed by atoms with Crippen LogP contribution in [0, 0.1) is 0 Å². The zero-order valence-electron chi connectivity index (χ0n) is 6.61. The van der Waals surface area contributed by atoms with Crippen molar-refractivity contribution in [1.82, 2.24) is 10.6 Å². The minimum Gasteiger partial charge on any atom is -0.355 e. The number of hydrogen-bond donors (Lipinski definition) is 2. The monoisotopic (exact) mass is 220 g/mol. The largest absolute Gasteiger partial charge is 0.355 e. The van der Waals surface area contributed by atoms with Crippen molar-refractivity contribution < 1.29 is 4.79 Å². The van der Waals surface area contributed by atoms with Gasteiger partial charge in [-0.2, -0.15) is 0 Å². The minimum atomic E-state index is 0.00414. The maximum Gasteiger partial charge on any atom is 0.216 e. The number of carbonyl (C=O) groups excluding carboxylic acids is 1. The average Bonchev–Trinajstić information content (AvgIpc) is 1.85. The standard InChI is InChI=1S/C7H13BrN2O/c1-6(8)5-9-3-4-10-7(2)11/h9H,1,3-5H2,2H3,(H,10,11). The molecule has 0 saturated carbocycles. The van der Waals surface area contributed by atoms with Crippen LogP contribution in [-0.2, 0) is 4.79 Å². The molecule has 0 heterocycles. The fraction of sp³-hybridized carbons (Fsp3) is 0.571. The molecule has 0 rings (SSSR count). The number of rotatable bonds is 5. The van der Waals surface area contributed by atoms with E-state index in [1.807, 2.05) is 0 Å². The highest BCUT2D eigenvalue weighted by Crippen LogP contribution is 1.95. The molecule has 11 heavy (non-hydrogen) atoms. The van der Waals surface area contributed by atoms with E-state index in [4.69, 9.17) is 0 Å². The predicted octanol–water partition coefficient (Wildman–Crippen LogP) is 0.621. The second-order valence-corrected chi connectivity index (χ2v) is 3.30. The molecule has 0 aromatic carbocycles. The molecule has 0 aromatic heterocycles. The second kappa shape index (κ2) is 6.37. The van der Waals surface area contributed by atoms with Gasteiger partial charge in [0.15, 0.2) is 0 Å². The first kappa shape index (κ1) is 10.7. The van der Waals surface area contributed by atoms with E-state index in [-0.39, 0.29) is 5.91 Å². The Morgan fingerprint density at radius 2 is 2.18 bits per heavy atom. The molecule has 0 unspecified atom stereocenters. The third-order valence-electron chi connectivity index (χ3n) is 0.993. The molecule has 0 bridgehead atoms. The molecule has 0 atom stereocenters. The molecule has 0 radical (unpaired) electrons. The molecule has 0 aliphatic heterocycles. The van der Waals surface area contributed by atoms with Crippen molar-refractivity contribution >= 4 is 21.8 Å². The van der Waals surface area contributed by atoms with Gasteiger partial charge in [-0.05, 0) is 0 Å². The molecule has 0 spiro atoms. The van der Waals surface area contributed by atoms with Crippen molar-refractivity contribution in [2.75, 3.05) is 19.6 Å². The second-order valence-electron chi connectivity index (χ2n) is 2.18. The molecule has 0 saturated heterocycles. The van der Waals surface area contributed by atoms with E-state index in [1.165, 1.54) is 6.92 Å². The summed E-state index contributed by atoms with van der Waals surface area (Å²) in [6, 6.07) is 0. The highest BCUT2D eigenvalue weighted by atomic mass is 79.9. The van der Waals surface area contributed by atoms with Crippen molar-refractivity contribution in [3.63, 3.8) is 0 Å². The van der Waals surface area contributed by atoms with Gasteiger partial charge in [-0.15, -0.1) is 0 Å². The van der Waals surface area contributed by atoms with Crippen molar-refractivity contribution in [2.24, 2.45) is 0 Å². The molecule has 0 aromatic rings. The molecule has 64 valence electrons. The van der Waals surface area contributed by atoms with E-state index in [0.29, 0.717) is 6.54 Å². The van der Waals surface area contributed by atoms with Crippen LogP contribution in [0.25, 0.3) is 0 Å². The first-order valence-corrected chi connectivity index (χ1v) is 4.20. The lowest BCUT2D eigenvalue weighted by Crippen LogP contribution is -2.30. The third-order valence-corrected chi connectivity index (χ3v) is 1.27. The number of amides is 1. The zero-order chi connectivity index (χ0) is 8.69. The van der Waals surface area contributed by atoms with Crippen LogP contribution in [0.1, 0.15) is 6.92 Å². The smallest absolute Gasteiger partial charge is 0.216 e. The summed E-state index contributed by atoms with van der Waals surface area (Å²) in [5.74, 6) is 0.00414. The predicted molar refractivity (Wildman–Crippen MR) is 49.6 cm³/mol. The van der Waals surface area contributed by atoms with Gasteiger partial charge < -0.3 is 10.6 Å². The number of carbonyl (C=O) groups is 1. The molecule has 0 aliphatic carbocycles. The summed E-state index contributed by atoms with van der Waals surface area (Å²) in [5, 5.41) is 5.75. The van der Waals surface area contributed by atoms with Crippen LogP contribution in [0.3, 0.4) is 0 Å². The third kappa shape index (κ3) is 9.65. The van der Waals surface area contributed by atoms with Crippen molar-refractivity contribution in [3.8, 4) is 0 Å². The quantitative estimate of drug-likeness (QED) is 0.668. The maximum atomic E-state index is 10.4. The Labute approximate surface area is 75.4 Å². The summed E-state index contributed by atoms with van der Waals surface area (Å²) in [7, 11) is 0. The van der Waals surface area contributed by atoms with E-state index in [0.717, 1.165) is 17.6 Å². The van der Waals surface area contributed by atoms with Gasteiger partial charge in [0, 0.05) is 31.0 Å². The Balaban J connectivity index is 3.03. The Kier molecular flexibility index (Phi) is 6.16. The van der Waals surface area contributed by atoms with E-state index in [9.17, 15) is 4.79 Å². The van der Waals surface area contributed by atoms with Crippen LogP contribution >= 0.6 is 15.9 Å². The van der Waals surface area contributed by atoms with Gasteiger partial charge in [0.1, 0.15) is 0 Å². The maximum absolute atomic E-state index is 10.4. The summed E-state index contributed by atoms with van der Waals surface area (Å²) in [6.07, 6.45) is 0. The first-order valence-electron chi connectivity index (χ1n) is 3.41. The number of hydrogen-bond acceptors (Lipinski definition) is 2. The lowest BCUT2D eigenvalue weighted by atomic mass is 10.5. The lowest BCUT2D eigenvalue weighted by molar-refractivity contribution is -0.118. The molecule has 1 amide bonds. The SMILES string of the molecule is C=C(Br)CNCCNC(C)=O. The summed E-state index contributed by atoms with van der Waals surface area (Å²) < 4.78 is 0.917. The van der Waals surface area contributed by atoms with Crippen LogP contribution in [0.15, 0.2) is 11.1 Å². The van der Waals surface area contributed by atoms with Crippen molar-refractivity contribution in [1.29, 1.82) is 0 Å². The molecule has 3 nitrogen and oxygen atoms in total. The summed E-state index contributed by atoms with van der Waals surface area (Å²) in [4.78, 5) is 10.4. The van der Waals surface area contributed by atoms with Crippen LogP contribution < -0.4 is 10.6 Å². The molecule has 0 aliphatic rings. The van der Waals surface area contributed by atoms with Gasteiger partial charge in [0.25, 0.3) is 0 Å². The van der Waals surface area contributed by atoms with Crippen LogP contribution in [-0.4, -0.2) is 25.5 Å². The molecule has 4 heteroatoms. The summed E-state index contributed by atoms with van der Waals surface area (Å²) in [5.41, 5.74) is 0. The molecule has 2 N–H and O–H groups in total. The van der Waals surface area contributed by atoms with Gasteiger partial charge in [-0.3, -0.25) is 4.79 Å². The van der Waals surface area contributed by atoms with Crippen LogP contribution in [0.4, 0.5) is 0 Å². The summed E-state index contributed by atoms with van der Waals surface area (Å²) in [6.45, 7) is 7.32. The Morgan fingerprint density at radius 1 is 1.55 bits per heavy atom. The highest BCUT2D eigenvalue weighted by molar-refractivity contribution is 9.11. The van der Waals surface area contributed by atoms with E-state index in [1.54, 1.807) is 0 Å². The lowest BCUT2D eigenvalue weighted by Gasteiger charge is -2.03. The van der Waals surface area contributed by atoms with Gasteiger partial charge in [0.2, 0.25) is 5.91 Å². The van der Waals surface area contributed by atoms with Gasteiger partial charge >= 0.3 is 0 Å². The highest BCUT2D eigenvalue weighted by Gasteiger charge is 1.90. The number of halogens is 1. The fourth-order valence-electron chi connectivity index (χ4n) is 0.551. The van der Waals surface area contributed by atoms with Crippen molar-refractivity contribution in [3.05, 3.63) is 11.1 Å². The van der Waals surface area contributed by atoms with E-state index in [2.05, 4.69) is 33.1 Å². The first-order chi connectivity index (χ1) is 5.13. The topological polar surface area (TPSA) is 41.1 Å². The minimum absolute atomic E-state index is 0.00414. The molecule has 0 fully saturated rings. The molecular weight excluding hydrogens is 208 g/mol. The normalized spacial score (nSPS) is 9.27. The van der Waals surface area contributed by atoms with E-state index < -0.39 is 0 Å². The fourth-order valence-corrected chi connectivity index (χ4v) is 0.749. The zero-order valence-corrected chi connectivity index (χ0v) is 8.20.